The molecule has 1 heterocycles. The lowest BCUT2D eigenvalue weighted by atomic mass is 10.2. The van der Waals surface area contributed by atoms with Crippen molar-refractivity contribution in [3.8, 4) is 0 Å². The van der Waals surface area contributed by atoms with Gasteiger partial charge in [-0.15, -0.1) is 0 Å². The highest BCUT2D eigenvalue weighted by molar-refractivity contribution is 9.10. The molecule has 1 aromatic rings. The molecular weight excluding hydrogens is 264 g/mol. The van der Waals surface area contributed by atoms with Crippen LogP contribution in [-0.2, 0) is 0 Å². The van der Waals surface area contributed by atoms with Gasteiger partial charge in [0, 0.05) is 23.2 Å². The van der Waals surface area contributed by atoms with Crippen LogP contribution >= 0.6 is 15.9 Å². The Hall–Kier alpha value is -0.540. The van der Waals surface area contributed by atoms with Crippen molar-refractivity contribution >= 4 is 21.6 Å². The maximum absolute atomic E-state index is 3.58. The molecule has 0 unspecified atom stereocenters. The number of aryl methyl sites for hydroxylation is 1. The van der Waals surface area contributed by atoms with Crippen molar-refractivity contribution in [3.63, 3.8) is 0 Å². The second-order valence-electron chi connectivity index (χ2n) is 4.46. The molecule has 0 radical (unpaired) electrons. The second-order valence-corrected chi connectivity index (χ2v) is 5.31. The predicted molar refractivity (Wildman–Crippen MR) is 73.0 cm³/mol. The fourth-order valence-electron chi connectivity index (χ4n) is 2.12. The Morgan fingerprint density at radius 1 is 1.31 bits per heavy atom. The smallest absolute Gasteiger partial charge is 0.0485 e. The number of halogens is 1. The first-order chi connectivity index (χ1) is 7.75. The standard InChI is InChI=1S/C13H19BrN2/c1-11-4-5-13(12(14)10-11)15-6-9-16-7-2-3-8-16/h4-5,10,15H,2-3,6-9H2,1H3. The van der Waals surface area contributed by atoms with Crippen LogP contribution in [0.1, 0.15) is 18.4 Å². The lowest BCUT2D eigenvalue weighted by Crippen LogP contribution is -2.26. The van der Waals surface area contributed by atoms with Crippen LogP contribution in [0.5, 0.6) is 0 Å². The Bertz CT molecular complexity index is 346. The van der Waals surface area contributed by atoms with E-state index in [1.54, 1.807) is 0 Å². The first kappa shape index (κ1) is 11.9. The number of benzene rings is 1. The van der Waals surface area contributed by atoms with Crippen LogP contribution in [0.3, 0.4) is 0 Å². The molecule has 0 bridgehead atoms. The van der Waals surface area contributed by atoms with Crippen molar-refractivity contribution in [2.24, 2.45) is 0 Å². The predicted octanol–water partition coefficient (Wildman–Crippen LogP) is 3.27. The van der Waals surface area contributed by atoms with E-state index >= 15 is 0 Å². The van der Waals surface area contributed by atoms with E-state index in [4.69, 9.17) is 0 Å². The van der Waals surface area contributed by atoms with Gasteiger partial charge in [-0.1, -0.05) is 6.07 Å². The number of nitrogens with zero attached hydrogens (tertiary/aromatic N) is 1. The average molecular weight is 283 g/mol. The second kappa shape index (κ2) is 5.69. The van der Waals surface area contributed by atoms with Crippen LogP contribution in [0, 0.1) is 6.92 Å². The van der Waals surface area contributed by atoms with Crippen LogP contribution in [0.25, 0.3) is 0 Å². The molecule has 1 N–H and O–H groups in total. The van der Waals surface area contributed by atoms with Crippen LogP contribution in [-0.4, -0.2) is 31.1 Å². The summed E-state index contributed by atoms with van der Waals surface area (Å²) in [6, 6.07) is 6.44. The van der Waals surface area contributed by atoms with Crippen LogP contribution < -0.4 is 5.32 Å². The molecule has 1 aliphatic heterocycles. The highest BCUT2D eigenvalue weighted by atomic mass is 79.9. The zero-order chi connectivity index (χ0) is 11.4. The Morgan fingerprint density at radius 2 is 2.06 bits per heavy atom. The summed E-state index contributed by atoms with van der Waals surface area (Å²) in [6.45, 7) is 6.84. The number of rotatable bonds is 4. The third-order valence-electron chi connectivity index (χ3n) is 3.07. The summed E-state index contributed by atoms with van der Waals surface area (Å²) in [4.78, 5) is 2.52. The lowest BCUT2D eigenvalue weighted by molar-refractivity contribution is 0.352. The number of nitrogens with one attached hydrogen (secondary N) is 1. The van der Waals surface area contributed by atoms with Crippen molar-refractivity contribution in [1.82, 2.24) is 4.90 Å². The van der Waals surface area contributed by atoms with Crippen LogP contribution in [0.2, 0.25) is 0 Å². The van der Waals surface area contributed by atoms with E-state index in [1.165, 1.54) is 37.2 Å². The average Bonchev–Trinajstić information content (AvgIpc) is 2.74. The molecule has 2 nitrogen and oxygen atoms in total. The topological polar surface area (TPSA) is 15.3 Å². The summed E-state index contributed by atoms with van der Waals surface area (Å²) < 4.78 is 1.16. The molecule has 0 saturated carbocycles. The summed E-state index contributed by atoms with van der Waals surface area (Å²) in [6.07, 6.45) is 2.74. The minimum Gasteiger partial charge on any atom is -0.383 e. The van der Waals surface area contributed by atoms with E-state index < -0.39 is 0 Å². The van der Waals surface area contributed by atoms with Gasteiger partial charge in [0.2, 0.25) is 0 Å². The van der Waals surface area contributed by atoms with Crippen LogP contribution in [0.4, 0.5) is 5.69 Å². The molecule has 0 atom stereocenters. The molecule has 0 amide bonds. The van der Waals surface area contributed by atoms with Crippen molar-refractivity contribution in [3.05, 3.63) is 28.2 Å². The maximum atomic E-state index is 3.58. The summed E-state index contributed by atoms with van der Waals surface area (Å²) in [7, 11) is 0. The van der Waals surface area contributed by atoms with Gasteiger partial charge < -0.3 is 10.2 Å². The zero-order valence-electron chi connectivity index (χ0n) is 9.80. The van der Waals surface area contributed by atoms with Crippen LogP contribution in [0.15, 0.2) is 22.7 Å². The van der Waals surface area contributed by atoms with Gasteiger partial charge in [0.25, 0.3) is 0 Å². The quantitative estimate of drug-likeness (QED) is 0.912. The first-order valence-electron chi connectivity index (χ1n) is 5.98. The molecule has 88 valence electrons. The van der Waals surface area contributed by atoms with Gasteiger partial charge in [-0.2, -0.15) is 0 Å². The van der Waals surface area contributed by atoms with Gasteiger partial charge in [-0.3, -0.25) is 0 Å². The molecule has 1 aromatic carbocycles. The minimum absolute atomic E-state index is 1.03. The molecule has 0 aromatic heterocycles. The largest absolute Gasteiger partial charge is 0.383 e. The van der Waals surface area contributed by atoms with Gasteiger partial charge in [0.15, 0.2) is 0 Å². The molecular formula is C13H19BrN2. The monoisotopic (exact) mass is 282 g/mol. The number of likely N-dealkylation sites (tertiary alicyclic amines) is 1. The fourth-order valence-corrected chi connectivity index (χ4v) is 2.75. The molecule has 1 saturated heterocycles. The number of anilines is 1. The molecule has 1 fully saturated rings. The normalized spacial score (nSPS) is 16.6. The molecule has 1 aliphatic rings. The Morgan fingerprint density at radius 3 is 2.75 bits per heavy atom. The molecule has 0 spiro atoms. The number of hydrogen-bond donors (Lipinski definition) is 1. The first-order valence-corrected chi connectivity index (χ1v) is 6.77. The van der Waals surface area contributed by atoms with Gasteiger partial charge in [0.1, 0.15) is 0 Å². The Balaban J connectivity index is 1.80. The van der Waals surface area contributed by atoms with Crippen molar-refractivity contribution < 1.29 is 0 Å². The van der Waals surface area contributed by atoms with E-state index in [9.17, 15) is 0 Å². The highest BCUT2D eigenvalue weighted by Gasteiger charge is 2.10. The zero-order valence-corrected chi connectivity index (χ0v) is 11.4. The summed E-state index contributed by atoms with van der Waals surface area (Å²) in [5.41, 5.74) is 2.49. The lowest BCUT2D eigenvalue weighted by Gasteiger charge is -2.16. The molecule has 2 rings (SSSR count). The Labute approximate surface area is 106 Å². The highest BCUT2D eigenvalue weighted by Crippen LogP contribution is 2.23. The van der Waals surface area contributed by atoms with Gasteiger partial charge >= 0.3 is 0 Å². The van der Waals surface area contributed by atoms with E-state index in [0.717, 1.165) is 17.6 Å². The van der Waals surface area contributed by atoms with Gasteiger partial charge in [-0.05, 0) is 66.5 Å². The van der Waals surface area contributed by atoms with Gasteiger partial charge in [0.05, 0.1) is 0 Å². The minimum atomic E-state index is 1.03. The fraction of sp³-hybridized carbons (Fsp3) is 0.538. The van der Waals surface area contributed by atoms with Crippen molar-refractivity contribution in [2.75, 3.05) is 31.5 Å². The van der Waals surface area contributed by atoms with Gasteiger partial charge in [-0.25, -0.2) is 0 Å². The SMILES string of the molecule is Cc1ccc(NCCN2CCCC2)c(Br)c1. The third-order valence-corrected chi connectivity index (χ3v) is 3.72. The summed E-state index contributed by atoms with van der Waals surface area (Å²) in [5, 5.41) is 3.48. The van der Waals surface area contributed by atoms with E-state index in [2.05, 4.69) is 51.3 Å². The number of hydrogen-bond acceptors (Lipinski definition) is 2. The molecule has 0 aliphatic carbocycles. The third kappa shape index (κ3) is 3.22. The van der Waals surface area contributed by atoms with Crippen molar-refractivity contribution in [1.29, 1.82) is 0 Å². The molecule has 3 heteroatoms. The van der Waals surface area contributed by atoms with E-state index in [1.807, 2.05) is 0 Å². The van der Waals surface area contributed by atoms with E-state index in [0.29, 0.717) is 0 Å². The summed E-state index contributed by atoms with van der Waals surface area (Å²) >= 11 is 3.58. The summed E-state index contributed by atoms with van der Waals surface area (Å²) in [5.74, 6) is 0. The van der Waals surface area contributed by atoms with E-state index in [-0.39, 0.29) is 0 Å². The maximum Gasteiger partial charge on any atom is 0.0485 e. The molecule has 16 heavy (non-hydrogen) atoms. The Kier molecular flexibility index (Phi) is 4.24. The van der Waals surface area contributed by atoms with Crippen molar-refractivity contribution in [2.45, 2.75) is 19.8 Å².